The molecule has 0 aliphatic heterocycles. The van der Waals surface area contributed by atoms with Crippen LogP contribution in [0, 0.1) is 5.41 Å². The topological polar surface area (TPSA) is 304 Å². The van der Waals surface area contributed by atoms with Gasteiger partial charge in [-0.3, -0.25) is 18.1 Å². The van der Waals surface area contributed by atoms with Gasteiger partial charge >= 0.3 is 31.3 Å². The summed E-state index contributed by atoms with van der Waals surface area (Å²) < 4.78 is 81.5. The van der Waals surface area contributed by atoms with Crippen molar-refractivity contribution >= 4 is 31.3 Å². The third-order valence-corrected chi connectivity index (χ3v) is 5.66. The van der Waals surface area contributed by atoms with Gasteiger partial charge in [0.2, 0.25) is 0 Å². The van der Waals surface area contributed by atoms with Crippen LogP contribution in [-0.4, -0.2) is 118 Å². The molecular weight excluding hydrogens is 600 g/mol. The summed E-state index contributed by atoms with van der Waals surface area (Å²) >= 11 is 0. The molecule has 0 aromatic carbocycles. The Bertz CT molecular complexity index is 665. The molecule has 24 heteroatoms. The van der Waals surface area contributed by atoms with E-state index in [1.165, 1.54) is 0 Å². The fraction of sp³-hybridized carbons (Fsp3) is 1.00. The summed E-state index contributed by atoms with van der Waals surface area (Å²) in [4.78, 5) is 69.8. The van der Waals surface area contributed by atoms with Gasteiger partial charge in [0.25, 0.3) is 0 Å². The van der Waals surface area contributed by atoms with Gasteiger partial charge in [-0.1, -0.05) is 0 Å². The molecule has 0 aromatic rings. The van der Waals surface area contributed by atoms with Gasteiger partial charge in [-0.15, -0.1) is 0 Å². The first kappa shape index (κ1) is 37.3. The zero-order chi connectivity index (χ0) is 28.6. The molecule has 37 heavy (non-hydrogen) atoms. The zero-order valence-corrected chi connectivity index (χ0v) is 22.8. The first-order valence-electron chi connectivity index (χ1n) is 9.94. The zero-order valence-electron chi connectivity index (χ0n) is 19.3. The lowest BCUT2D eigenvalue weighted by atomic mass is 9.92. The summed E-state index contributed by atoms with van der Waals surface area (Å²) in [6.45, 7) is -4.51. The maximum absolute atomic E-state index is 10.8. The highest BCUT2D eigenvalue weighted by Crippen LogP contribution is 2.37. The van der Waals surface area contributed by atoms with E-state index in [1.54, 1.807) is 0 Å². The molecule has 0 fully saturated rings. The molecule has 0 aliphatic rings. The monoisotopic (exact) mass is 632 g/mol. The summed E-state index contributed by atoms with van der Waals surface area (Å²) in [6, 6.07) is 0. The Kier molecular flexibility index (Phi) is 18.0. The summed E-state index contributed by atoms with van der Waals surface area (Å²) in [6.07, 6.45) is 0. The SMILES string of the molecule is O=P(O)(O)OCCOCC(COCCOP(=O)(O)O)(COCCOP(=O)(O)O)COCCOP(=O)(O)O. The molecule has 0 unspecified atom stereocenters. The Morgan fingerprint density at radius 2 is 0.568 bits per heavy atom. The average Bonchev–Trinajstić information content (AvgIpc) is 2.69. The van der Waals surface area contributed by atoms with Crippen LogP contribution in [0.15, 0.2) is 0 Å². The maximum atomic E-state index is 10.8. The van der Waals surface area contributed by atoms with Gasteiger partial charge in [-0.05, 0) is 0 Å². The molecule has 0 amide bonds. The largest absolute Gasteiger partial charge is 0.469 e. The molecule has 224 valence electrons. The molecule has 0 aliphatic carbocycles. The number of phosphoric ester groups is 4. The Morgan fingerprint density at radius 3 is 0.730 bits per heavy atom. The van der Waals surface area contributed by atoms with Gasteiger partial charge in [-0.2, -0.15) is 0 Å². The standard InChI is InChI=1S/C13H32O20P4/c14-34(15,16)30-5-1-26-9-13(10-27-2-6-31-35(17,18)19,11-28-3-7-32-36(20,21)22)12-29-4-8-33-37(23,24)25/h1-12H2,(H2,14,15,16)(H2,17,18,19)(H2,20,21,22)(H2,23,24,25). The third-order valence-electron chi connectivity index (χ3n) is 3.58. The molecule has 0 saturated carbocycles. The van der Waals surface area contributed by atoms with E-state index in [4.69, 9.17) is 58.1 Å². The van der Waals surface area contributed by atoms with Crippen molar-refractivity contribution in [3.05, 3.63) is 0 Å². The van der Waals surface area contributed by atoms with Crippen LogP contribution in [-0.2, 0) is 55.3 Å². The van der Waals surface area contributed by atoms with Crippen LogP contribution in [0.5, 0.6) is 0 Å². The van der Waals surface area contributed by atoms with E-state index in [0.717, 1.165) is 0 Å². The Labute approximate surface area is 211 Å². The van der Waals surface area contributed by atoms with Crippen molar-refractivity contribution < 1.29 is 94.4 Å². The third kappa shape index (κ3) is 26.3. The molecule has 0 bridgehead atoms. The quantitative estimate of drug-likeness (QED) is 0.0442. The fourth-order valence-corrected chi connectivity index (χ4v) is 3.51. The minimum atomic E-state index is -4.75. The number of phosphoric acid groups is 4. The molecule has 0 rings (SSSR count). The highest BCUT2D eigenvalue weighted by atomic mass is 31.2. The summed E-state index contributed by atoms with van der Waals surface area (Å²) in [7, 11) is -19.0. The number of rotatable bonds is 24. The first-order chi connectivity index (χ1) is 16.8. The highest BCUT2D eigenvalue weighted by Gasteiger charge is 2.33. The van der Waals surface area contributed by atoms with E-state index in [9.17, 15) is 18.3 Å². The smallest absolute Gasteiger partial charge is 0.378 e. The molecule has 0 aromatic heterocycles. The normalized spacial score (nSPS) is 13.8. The molecule has 0 saturated heterocycles. The number of ether oxygens (including phenoxy) is 4. The molecule has 0 spiro atoms. The molecular formula is C13H32O20P4. The molecule has 20 nitrogen and oxygen atoms in total. The summed E-state index contributed by atoms with van der Waals surface area (Å²) in [5.74, 6) is 0. The van der Waals surface area contributed by atoms with Gasteiger partial charge in [0, 0.05) is 0 Å². The molecule has 0 radical (unpaired) electrons. The van der Waals surface area contributed by atoms with Gasteiger partial charge in [0.1, 0.15) is 0 Å². The van der Waals surface area contributed by atoms with Crippen molar-refractivity contribution in [3.63, 3.8) is 0 Å². The van der Waals surface area contributed by atoms with Crippen LogP contribution >= 0.6 is 31.3 Å². The molecule has 0 atom stereocenters. The predicted molar refractivity (Wildman–Crippen MR) is 118 cm³/mol. The Morgan fingerprint density at radius 1 is 0.378 bits per heavy atom. The van der Waals surface area contributed by atoms with Crippen LogP contribution in [0.25, 0.3) is 0 Å². The number of hydrogen-bond donors (Lipinski definition) is 8. The van der Waals surface area contributed by atoms with Crippen LogP contribution in [0.4, 0.5) is 0 Å². The summed E-state index contributed by atoms with van der Waals surface area (Å²) in [5.41, 5.74) is -1.27. The minimum Gasteiger partial charge on any atom is -0.378 e. The lowest BCUT2D eigenvalue weighted by Gasteiger charge is -2.33. The van der Waals surface area contributed by atoms with Crippen molar-refractivity contribution in [1.82, 2.24) is 0 Å². The van der Waals surface area contributed by atoms with E-state index in [0.29, 0.717) is 0 Å². The van der Waals surface area contributed by atoms with Gasteiger partial charge in [-0.25, -0.2) is 18.3 Å². The van der Waals surface area contributed by atoms with Crippen molar-refractivity contribution in [3.8, 4) is 0 Å². The van der Waals surface area contributed by atoms with Crippen LogP contribution in [0.1, 0.15) is 0 Å². The Hall–Kier alpha value is 0.280. The van der Waals surface area contributed by atoms with E-state index in [-0.39, 0.29) is 52.9 Å². The average molecular weight is 632 g/mol. The summed E-state index contributed by atoms with van der Waals surface area (Å²) in [5, 5.41) is 0. The van der Waals surface area contributed by atoms with Crippen LogP contribution in [0.2, 0.25) is 0 Å². The van der Waals surface area contributed by atoms with E-state index in [2.05, 4.69) is 18.1 Å². The second kappa shape index (κ2) is 17.9. The van der Waals surface area contributed by atoms with Gasteiger partial charge in [0.05, 0.1) is 84.7 Å². The molecule has 8 N–H and O–H groups in total. The van der Waals surface area contributed by atoms with Crippen molar-refractivity contribution in [1.29, 1.82) is 0 Å². The van der Waals surface area contributed by atoms with E-state index in [1.807, 2.05) is 0 Å². The van der Waals surface area contributed by atoms with Gasteiger partial charge in [0.15, 0.2) is 0 Å². The van der Waals surface area contributed by atoms with E-state index < -0.39 is 63.1 Å². The lowest BCUT2D eigenvalue weighted by molar-refractivity contribution is -0.114. The van der Waals surface area contributed by atoms with Crippen molar-refractivity contribution in [2.75, 3.05) is 79.3 Å². The molecule has 0 heterocycles. The Balaban J connectivity index is 5.18. The van der Waals surface area contributed by atoms with Crippen molar-refractivity contribution in [2.24, 2.45) is 5.41 Å². The fourth-order valence-electron chi connectivity index (χ4n) is 2.27. The maximum Gasteiger partial charge on any atom is 0.469 e. The van der Waals surface area contributed by atoms with E-state index >= 15 is 0 Å². The second-order valence-corrected chi connectivity index (χ2v) is 12.0. The second-order valence-electron chi connectivity index (χ2n) is 7.01. The lowest BCUT2D eigenvalue weighted by Crippen LogP contribution is -2.42. The first-order valence-corrected chi connectivity index (χ1v) is 16.1. The minimum absolute atomic E-state index is 0.296. The predicted octanol–water partition coefficient (Wildman–Crippen LogP) is -1.52. The van der Waals surface area contributed by atoms with Gasteiger partial charge < -0.3 is 58.1 Å². The van der Waals surface area contributed by atoms with Crippen LogP contribution in [0.3, 0.4) is 0 Å². The number of hydrogen-bond acceptors (Lipinski definition) is 12. The highest BCUT2D eigenvalue weighted by molar-refractivity contribution is 7.47. The van der Waals surface area contributed by atoms with Crippen LogP contribution < -0.4 is 0 Å². The van der Waals surface area contributed by atoms with Crippen molar-refractivity contribution in [2.45, 2.75) is 0 Å².